The van der Waals surface area contributed by atoms with Gasteiger partial charge in [0.1, 0.15) is 0 Å². The topological polar surface area (TPSA) is 58.5 Å². The van der Waals surface area contributed by atoms with Crippen molar-refractivity contribution in [1.29, 1.82) is 0 Å². The van der Waals surface area contributed by atoms with E-state index in [0.29, 0.717) is 13.2 Å². The van der Waals surface area contributed by atoms with Crippen LogP contribution in [0.15, 0.2) is 0 Å². The maximum Gasteiger partial charge on any atom is 0.224 e. The molecule has 1 aliphatic heterocycles. The first kappa shape index (κ1) is 16.9. The van der Waals surface area contributed by atoms with Crippen LogP contribution in [0, 0.1) is 0 Å². The number of aryl methyl sites for hydroxylation is 1. The van der Waals surface area contributed by atoms with E-state index in [2.05, 4.69) is 21.8 Å². The molecular formula is C16H22ClN3O2S. The minimum absolute atomic E-state index is 0.261. The second kappa shape index (κ2) is 6.51. The van der Waals surface area contributed by atoms with Crippen LogP contribution in [0.3, 0.4) is 0 Å². The van der Waals surface area contributed by atoms with E-state index in [-0.39, 0.29) is 5.28 Å². The summed E-state index contributed by atoms with van der Waals surface area (Å²) in [4.78, 5) is 12.1. The second-order valence-electron chi connectivity index (χ2n) is 6.31. The number of nitrogens with zero attached hydrogens (tertiary/aromatic N) is 3. The van der Waals surface area contributed by atoms with Crippen molar-refractivity contribution in [3.63, 3.8) is 0 Å². The lowest BCUT2D eigenvalue weighted by Crippen LogP contribution is -2.36. The van der Waals surface area contributed by atoms with E-state index in [4.69, 9.17) is 16.3 Å². The molecule has 23 heavy (non-hydrogen) atoms. The van der Waals surface area contributed by atoms with Crippen LogP contribution in [-0.4, -0.2) is 41.4 Å². The van der Waals surface area contributed by atoms with Gasteiger partial charge in [0.15, 0.2) is 5.82 Å². The summed E-state index contributed by atoms with van der Waals surface area (Å²) >= 11 is 7.78. The first-order valence-electron chi connectivity index (χ1n) is 7.96. The van der Waals surface area contributed by atoms with Gasteiger partial charge in [-0.15, -0.1) is 11.3 Å². The summed E-state index contributed by atoms with van der Waals surface area (Å²) < 4.78 is 6.44. The SMILES string of the molecule is CCCc1c(C(C)(C)O)sc2c(N3CCOCC3)nc(Cl)nc12. The number of aromatic nitrogens is 2. The molecule has 2 aromatic heterocycles. The van der Waals surface area contributed by atoms with Crippen molar-refractivity contribution in [2.45, 2.75) is 39.2 Å². The molecule has 0 atom stereocenters. The van der Waals surface area contributed by atoms with Crippen molar-refractivity contribution in [1.82, 2.24) is 9.97 Å². The molecule has 3 heterocycles. The van der Waals surface area contributed by atoms with Gasteiger partial charge < -0.3 is 14.7 Å². The quantitative estimate of drug-likeness (QED) is 0.852. The second-order valence-corrected chi connectivity index (χ2v) is 7.67. The number of rotatable bonds is 4. The fraction of sp³-hybridized carbons (Fsp3) is 0.625. The van der Waals surface area contributed by atoms with Crippen LogP contribution in [0.5, 0.6) is 0 Å². The molecule has 3 rings (SSSR count). The Balaban J connectivity index is 2.21. The molecular weight excluding hydrogens is 334 g/mol. The third-order valence-corrected chi connectivity index (χ3v) is 5.65. The zero-order valence-electron chi connectivity index (χ0n) is 13.7. The number of fused-ring (bicyclic) bond motifs is 1. The van der Waals surface area contributed by atoms with Crippen molar-refractivity contribution in [2.75, 3.05) is 31.2 Å². The molecule has 0 bridgehead atoms. The Bertz CT molecular complexity index is 705. The van der Waals surface area contributed by atoms with E-state index < -0.39 is 5.60 Å². The maximum absolute atomic E-state index is 10.6. The smallest absolute Gasteiger partial charge is 0.224 e. The van der Waals surface area contributed by atoms with Gasteiger partial charge >= 0.3 is 0 Å². The molecule has 1 aliphatic rings. The Hall–Kier alpha value is -0.950. The number of morpholine rings is 1. The number of halogens is 1. The zero-order chi connectivity index (χ0) is 16.6. The standard InChI is InChI=1S/C16H22ClN3O2S/c1-4-5-10-11-12(23-13(10)16(2,3)21)14(19-15(17)18-11)20-6-8-22-9-7-20/h21H,4-9H2,1-3H3. The third-order valence-electron chi connectivity index (χ3n) is 3.95. The fourth-order valence-electron chi connectivity index (χ4n) is 2.95. The van der Waals surface area contributed by atoms with Crippen LogP contribution in [0.4, 0.5) is 5.82 Å². The normalized spacial score (nSPS) is 16.3. The molecule has 126 valence electrons. The van der Waals surface area contributed by atoms with Crippen LogP contribution in [-0.2, 0) is 16.8 Å². The Labute approximate surface area is 145 Å². The lowest BCUT2D eigenvalue weighted by molar-refractivity contribution is 0.0817. The summed E-state index contributed by atoms with van der Waals surface area (Å²) in [6, 6.07) is 0. The number of hydrogen-bond donors (Lipinski definition) is 1. The van der Waals surface area contributed by atoms with Crippen LogP contribution in [0.25, 0.3) is 10.2 Å². The number of anilines is 1. The molecule has 0 aliphatic carbocycles. The van der Waals surface area contributed by atoms with Crippen molar-refractivity contribution < 1.29 is 9.84 Å². The highest BCUT2D eigenvalue weighted by atomic mass is 35.5. The maximum atomic E-state index is 10.6. The zero-order valence-corrected chi connectivity index (χ0v) is 15.3. The van der Waals surface area contributed by atoms with E-state index >= 15 is 0 Å². The highest BCUT2D eigenvalue weighted by Gasteiger charge is 2.28. The van der Waals surface area contributed by atoms with Gasteiger partial charge in [-0.3, -0.25) is 0 Å². The van der Waals surface area contributed by atoms with Gasteiger partial charge in [-0.25, -0.2) is 4.98 Å². The summed E-state index contributed by atoms with van der Waals surface area (Å²) in [5.74, 6) is 0.862. The van der Waals surface area contributed by atoms with E-state index in [1.165, 1.54) is 0 Å². The molecule has 5 nitrogen and oxygen atoms in total. The van der Waals surface area contributed by atoms with Crippen LogP contribution in [0.2, 0.25) is 5.28 Å². The average Bonchev–Trinajstić information content (AvgIpc) is 2.87. The Morgan fingerprint density at radius 2 is 2.00 bits per heavy atom. The number of aliphatic hydroxyl groups is 1. The Morgan fingerprint density at radius 1 is 1.30 bits per heavy atom. The highest BCUT2D eigenvalue weighted by molar-refractivity contribution is 7.20. The van der Waals surface area contributed by atoms with E-state index in [1.54, 1.807) is 11.3 Å². The van der Waals surface area contributed by atoms with Gasteiger partial charge in [0.25, 0.3) is 0 Å². The molecule has 0 aromatic carbocycles. The van der Waals surface area contributed by atoms with E-state index in [9.17, 15) is 5.11 Å². The monoisotopic (exact) mass is 355 g/mol. The van der Waals surface area contributed by atoms with Crippen molar-refractivity contribution in [3.8, 4) is 0 Å². The van der Waals surface area contributed by atoms with Crippen molar-refractivity contribution >= 4 is 39.0 Å². The molecule has 0 amide bonds. The van der Waals surface area contributed by atoms with Crippen LogP contribution >= 0.6 is 22.9 Å². The van der Waals surface area contributed by atoms with Crippen molar-refractivity contribution in [3.05, 3.63) is 15.7 Å². The molecule has 0 radical (unpaired) electrons. The van der Waals surface area contributed by atoms with Gasteiger partial charge in [-0.1, -0.05) is 13.3 Å². The lowest BCUT2D eigenvalue weighted by atomic mass is 10.00. The first-order chi connectivity index (χ1) is 10.9. The molecule has 7 heteroatoms. The predicted molar refractivity (Wildman–Crippen MR) is 94.7 cm³/mol. The van der Waals surface area contributed by atoms with Gasteiger partial charge in [-0.05, 0) is 37.4 Å². The van der Waals surface area contributed by atoms with E-state index in [1.807, 2.05) is 13.8 Å². The minimum atomic E-state index is -0.898. The minimum Gasteiger partial charge on any atom is -0.385 e. The number of ether oxygens (including phenoxy) is 1. The molecule has 1 saturated heterocycles. The Morgan fingerprint density at radius 3 is 2.61 bits per heavy atom. The number of thiophene rings is 1. The summed E-state index contributed by atoms with van der Waals surface area (Å²) in [6.07, 6.45) is 1.86. The lowest BCUT2D eigenvalue weighted by Gasteiger charge is -2.28. The summed E-state index contributed by atoms with van der Waals surface area (Å²) in [5.41, 5.74) is 1.08. The molecule has 0 unspecified atom stereocenters. The first-order valence-corrected chi connectivity index (χ1v) is 9.15. The summed E-state index contributed by atoms with van der Waals surface area (Å²) in [5, 5.41) is 10.8. The third kappa shape index (κ3) is 3.31. The predicted octanol–water partition coefficient (Wildman–Crippen LogP) is 3.36. The summed E-state index contributed by atoms with van der Waals surface area (Å²) in [6.45, 7) is 8.73. The van der Waals surface area contributed by atoms with Gasteiger partial charge in [0.2, 0.25) is 5.28 Å². The van der Waals surface area contributed by atoms with Crippen LogP contribution < -0.4 is 4.90 Å². The molecule has 1 N–H and O–H groups in total. The van der Waals surface area contributed by atoms with Gasteiger partial charge in [0, 0.05) is 18.0 Å². The van der Waals surface area contributed by atoms with Crippen LogP contribution in [0.1, 0.15) is 37.6 Å². The highest BCUT2D eigenvalue weighted by Crippen LogP contribution is 2.41. The van der Waals surface area contributed by atoms with E-state index in [0.717, 1.165) is 52.4 Å². The van der Waals surface area contributed by atoms with Gasteiger partial charge in [-0.2, -0.15) is 4.98 Å². The summed E-state index contributed by atoms with van der Waals surface area (Å²) in [7, 11) is 0. The molecule has 2 aromatic rings. The average molecular weight is 356 g/mol. The Kier molecular flexibility index (Phi) is 4.78. The van der Waals surface area contributed by atoms with Crippen molar-refractivity contribution in [2.24, 2.45) is 0 Å². The largest absolute Gasteiger partial charge is 0.385 e. The molecule has 1 fully saturated rings. The fourth-order valence-corrected chi connectivity index (χ4v) is 4.42. The van der Waals surface area contributed by atoms with Gasteiger partial charge in [0.05, 0.1) is 29.0 Å². The molecule has 0 spiro atoms. The number of hydrogen-bond acceptors (Lipinski definition) is 6. The molecule has 0 saturated carbocycles.